The van der Waals surface area contributed by atoms with Crippen molar-refractivity contribution >= 4 is 18.3 Å². The van der Waals surface area contributed by atoms with E-state index in [1.165, 1.54) is 6.07 Å². The smallest absolute Gasteiger partial charge is 0.272 e. The Bertz CT molecular complexity index is 794. The van der Waals surface area contributed by atoms with E-state index < -0.39 is 0 Å². The van der Waals surface area contributed by atoms with Crippen molar-refractivity contribution in [1.82, 2.24) is 20.4 Å². The number of amides is 1. The summed E-state index contributed by atoms with van der Waals surface area (Å²) in [5.41, 5.74) is 3.54. The van der Waals surface area contributed by atoms with Crippen molar-refractivity contribution in [2.24, 2.45) is 0 Å². The van der Waals surface area contributed by atoms with E-state index in [1.54, 1.807) is 17.9 Å². The van der Waals surface area contributed by atoms with Gasteiger partial charge < -0.3 is 15.4 Å². The highest BCUT2D eigenvalue weighted by molar-refractivity contribution is 5.94. The van der Waals surface area contributed by atoms with E-state index in [0.717, 1.165) is 42.6 Å². The van der Waals surface area contributed by atoms with Crippen molar-refractivity contribution in [3.8, 4) is 5.69 Å². The Morgan fingerprint density at radius 3 is 2.85 bits per heavy atom. The van der Waals surface area contributed by atoms with E-state index in [0.29, 0.717) is 31.1 Å². The molecule has 0 atom stereocenters. The molecule has 8 heteroatoms. The van der Waals surface area contributed by atoms with Gasteiger partial charge in [-0.25, -0.2) is 9.07 Å². The second-order valence-corrected chi connectivity index (χ2v) is 6.49. The number of rotatable bonds is 8. The summed E-state index contributed by atoms with van der Waals surface area (Å²) < 4.78 is 20.9. The molecule has 0 spiro atoms. The molecule has 6 nitrogen and oxygen atoms in total. The van der Waals surface area contributed by atoms with Crippen LogP contribution in [0.25, 0.3) is 5.69 Å². The van der Waals surface area contributed by atoms with Crippen LogP contribution in [-0.2, 0) is 17.6 Å². The first-order valence-electron chi connectivity index (χ1n) is 8.97. The molecule has 1 aromatic carbocycles. The molecule has 148 valence electrons. The van der Waals surface area contributed by atoms with Gasteiger partial charge in [-0.05, 0) is 43.9 Å². The van der Waals surface area contributed by atoms with E-state index in [2.05, 4.69) is 15.7 Å². The lowest BCUT2D eigenvalue weighted by atomic mass is 10.2. The van der Waals surface area contributed by atoms with Crippen LogP contribution in [0, 0.1) is 12.7 Å². The third-order valence-corrected chi connectivity index (χ3v) is 4.55. The maximum Gasteiger partial charge on any atom is 0.272 e. The number of nitrogens with one attached hydrogen (secondary N) is 2. The number of aromatic nitrogens is 2. The fourth-order valence-corrected chi connectivity index (χ4v) is 3.25. The lowest BCUT2D eigenvalue weighted by molar-refractivity contribution is 0.0947. The van der Waals surface area contributed by atoms with Gasteiger partial charge in [0.05, 0.1) is 6.61 Å². The van der Waals surface area contributed by atoms with Crippen LogP contribution in [0.5, 0.6) is 0 Å². The van der Waals surface area contributed by atoms with Gasteiger partial charge in [-0.2, -0.15) is 5.10 Å². The lowest BCUT2D eigenvalue weighted by Crippen LogP contribution is -2.33. The van der Waals surface area contributed by atoms with E-state index in [1.807, 2.05) is 13.0 Å². The lowest BCUT2D eigenvalue weighted by Gasteiger charge is -2.08. The number of aryl methyl sites for hydroxylation is 1. The maximum atomic E-state index is 14.4. The van der Waals surface area contributed by atoms with Gasteiger partial charge in [-0.15, -0.1) is 12.4 Å². The van der Waals surface area contributed by atoms with Crippen LogP contribution in [0.15, 0.2) is 18.2 Å². The Balaban J connectivity index is 0.00000261. The third-order valence-electron chi connectivity index (χ3n) is 4.55. The van der Waals surface area contributed by atoms with Crippen molar-refractivity contribution in [2.75, 3.05) is 33.4 Å². The normalized spacial score (nSPS) is 12.6. The highest BCUT2D eigenvalue weighted by atomic mass is 35.5. The number of carbonyl (C=O) groups excluding carboxylic acids is 1. The summed E-state index contributed by atoms with van der Waals surface area (Å²) in [4.78, 5) is 12.5. The largest absolute Gasteiger partial charge is 0.383 e. The van der Waals surface area contributed by atoms with Gasteiger partial charge in [0.25, 0.3) is 5.91 Å². The molecule has 2 N–H and O–H groups in total. The number of hydrogen-bond acceptors (Lipinski definition) is 4. The Hall–Kier alpha value is -1.96. The number of benzene rings is 1. The highest BCUT2D eigenvalue weighted by Crippen LogP contribution is 2.28. The molecule has 0 aliphatic heterocycles. The van der Waals surface area contributed by atoms with E-state index in [-0.39, 0.29) is 24.1 Å². The predicted molar refractivity (Wildman–Crippen MR) is 105 cm³/mol. The fourth-order valence-electron chi connectivity index (χ4n) is 3.25. The summed E-state index contributed by atoms with van der Waals surface area (Å²) in [5, 5.41) is 10.5. The first-order valence-corrected chi connectivity index (χ1v) is 8.97. The topological polar surface area (TPSA) is 68.2 Å². The predicted octanol–water partition coefficient (Wildman–Crippen LogP) is 2.20. The van der Waals surface area contributed by atoms with E-state index in [9.17, 15) is 9.18 Å². The quantitative estimate of drug-likeness (QED) is 0.671. The van der Waals surface area contributed by atoms with Gasteiger partial charge >= 0.3 is 0 Å². The number of fused-ring (bicyclic) bond motifs is 1. The van der Waals surface area contributed by atoms with Crippen molar-refractivity contribution in [2.45, 2.75) is 26.2 Å². The second kappa shape index (κ2) is 9.82. The first-order chi connectivity index (χ1) is 12.6. The highest BCUT2D eigenvalue weighted by Gasteiger charge is 2.27. The monoisotopic (exact) mass is 396 g/mol. The number of ether oxygens (including phenoxy) is 1. The molecule has 1 aliphatic carbocycles. The van der Waals surface area contributed by atoms with Crippen LogP contribution in [0.1, 0.15) is 33.7 Å². The van der Waals surface area contributed by atoms with Gasteiger partial charge in [0, 0.05) is 38.0 Å². The molecule has 1 heterocycles. The second-order valence-electron chi connectivity index (χ2n) is 6.49. The maximum absolute atomic E-state index is 14.4. The molecule has 1 aliphatic rings. The molecule has 0 unspecified atom stereocenters. The van der Waals surface area contributed by atoms with Crippen LogP contribution in [0.3, 0.4) is 0 Å². The zero-order valence-electron chi connectivity index (χ0n) is 15.7. The van der Waals surface area contributed by atoms with E-state index in [4.69, 9.17) is 4.74 Å². The van der Waals surface area contributed by atoms with Crippen LogP contribution >= 0.6 is 12.4 Å². The van der Waals surface area contributed by atoms with Gasteiger partial charge in [0.1, 0.15) is 11.5 Å². The summed E-state index contributed by atoms with van der Waals surface area (Å²) in [6.45, 7) is 4.38. The SMILES string of the molecule is COCCNCCNC(=O)c1nn(-c2ccc(C)cc2F)c2c1CCC2.Cl. The molecule has 2 aromatic rings. The number of hydrogen-bond donors (Lipinski definition) is 2. The molecule has 27 heavy (non-hydrogen) atoms. The summed E-state index contributed by atoms with van der Waals surface area (Å²) in [6, 6.07) is 5.06. The Morgan fingerprint density at radius 1 is 1.30 bits per heavy atom. The summed E-state index contributed by atoms with van der Waals surface area (Å²) in [7, 11) is 1.65. The molecular formula is C19H26ClFN4O2. The van der Waals surface area contributed by atoms with Crippen molar-refractivity contribution in [1.29, 1.82) is 0 Å². The Morgan fingerprint density at radius 2 is 2.11 bits per heavy atom. The van der Waals surface area contributed by atoms with Gasteiger partial charge in [-0.3, -0.25) is 4.79 Å². The molecule has 3 rings (SSSR count). The third kappa shape index (κ3) is 4.86. The zero-order chi connectivity index (χ0) is 18.5. The van der Waals surface area contributed by atoms with Crippen LogP contribution < -0.4 is 10.6 Å². The summed E-state index contributed by atoms with van der Waals surface area (Å²) in [5.74, 6) is -0.528. The minimum atomic E-state index is -0.323. The van der Waals surface area contributed by atoms with Crippen LogP contribution in [0.2, 0.25) is 0 Å². The number of nitrogens with zero attached hydrogens (tertiary/aromatic N) is 2. The fraction of sp³-hybridized carbons (Fsp3) is 0.474. The Kier molecular flexibility index (Phi) is 7.77. The number of halogens is 2. The standard InChI is InChI=1S/C19H25FN4O2.ClH/c1-13-6-7-17(15(20)12-13)24-16-5-3-4-14(16)18(23-24)19(25)22-9-8-21-10-11-26-2;/h6-7,12,21H,3-5,8-11H2,1-2H3,(H,22,25);1H. The van der Waals surface area contributed by atoms with Crippen LogP contribution in [0.4, 0.5) is 4.39 Å². The van der Waals surface area contributed by atoms with Gasteiger partial charge in [0.2, 0.25) is 0 Å². The molecule has 0 fully saturated rings. The molecule has 0 saturated heterocycles. The summed E-state index contributed by atoms with van der Waals surface area (Å²) >= 11 is 0. The van der Waals surface area contributed by atoms with Crippen molar-refractivity contribution in [3.05, 3.63) is 46.5 Å². The average Bonchev–Trinajstić information content (AvgIpc) is 3.21. The minimum absolute atomic E-state index is 0. The molecule has 0 saturated carbocycles. The molecule has 0 radical (unpaired) electrons. The summed E-state index contributed by atoms with van der Waals surface area (Å²) in [6.07, 6.45) is 2.57. The van der Waals surface area contributed by atoms with Crippen molar-refractivity contribution < 1.29 is 13.9 Å². The average molecular weight is 397 g/mol. The first kappa shape index (κ1) is 21.3. The van der Waals surface area contributed by atoms with E-state index >= 15 is 0 Å². The number of methoxy groups -OCH3 is 1. The molecule has 1 aromatic heterocycles. The zero-order valence-corrected chi connectivity index (χ0v) is 16.5. The Labute approximate surface area is 164 Å². The van der Waals surface area contributed by atoms with Gasteiger partial charge in [0.15, 0.2) is 5.69 Å². The number of carbonyl (C=O) groups is 1. The van der Waals surface area contributed by atoms with Crippen LogP contribution in [-0.4, -0.2) is 49.0 Å². The minimum Gasteiger partial charge on any atom is -0.383 e. The van der Waals surface area contributed by atoms with Gasteiger partial charge in [-0.1, -0.05) is 6.07 Å². The molecule has 1 amide bonds. The molecular weight excluding hydrogens is 371 g/mol. The van der Waals surface area contributed by atoms with Crippen molar-refractivity contribution in [3.63, 3.8) is 0 Å². The molecule has 0 bridgehead atoms.